The Morgan fingerprint density at radius 2 is 1.53 bits per heavy atom. The molecule has 1 spiro atoms. The van der Waals surface area contributed by atoms with Crippen molar-refractivity contribution < 1.29 is 75.5 Å². The van der Waals surface area contributed by atoms with Gasteiger partial charge in [0.25, 0.3) is 0 Å². The summed E-state index contributed by atoms with van der Waals surface area (Å²) in [6, 6.07) is 15.5. The first-order chi connectivity index (χ1) is 30.1. The van der Waals surface area contributed by atoms with Gasteiger partial charge in [-0.05, 0) is 47.8 Å². The number of esters is 1. The molecule has 3 aliphatic rings. The van der Waals surface area contributed by atoms with Gasteiger partial charge in [0, 0.05) is 74.1 Å². The number of phosphoric ester groups is 1. The lowest BCUT2D eigenvalue weighted by Gasteiger charge is -2.37. The number of nitrogens with zero attached hydrogens (tertiary/aromatic N) is 6. The number of ether oxygens (including phenoxy) is 3. The van der Waals surface area contributed by atoms with E-state index in [1.807, 2.05) is 74.4 Å². The standard InChI is InChI=1S/C36H39N8O16P3S/c1-42(2)19-6-9-23-25(12-19)56-26-13-20(43(3)4)7-10-24(26)36(23)22-8-5-18(11-21(22)35(48)58-36)41-28(45)15-64-63(53,54)60-62(51,52)59-61(49,50)55-14-27-30(46)31(47)34(57-27)44-17-40-29-32(37)38-16-39-33(29)44/h5-13,16-17,27,30-31,34,46-47H,14-15H2,1-4H3,(H,41,45)(H,49,50)(H,51,52)(H,53,54)(H2,37,38,39)/t27-,30-,31-,34-/m1/s1/i64+3. The maximum Gasteiger partial charge on any atom is 0.488 e. The molecule has 0 bridgehead atoms. The molecule has 24 nitrogen and oxygen atoms in total. The van der Waals surface area contributed by atoms with Crippen molar-refractivity contribution in [3.8, 4) is 11.5 Å². The molecule has 64 heavy (non-hydrogen) atoms. The van der Waals surface area contributed by atoms with Gasteiger partial charge in [-0.2, -0.15) is 8.62 Å². The highest BCUT2D eigenvalue weighted by molar-refractivity contribution is 8.55. The van der Waals surface area contributed by atoms with Crippen LogP contribution in [0.15, 0.2) is 67.3 Å². The highest BCUT2D eigenvalue weighted by Gasteiger charge is 2.54. The van der Waals surface area contributed by atoms with E-state index in [0.29, 0.717) is 28.2 Å². The lowest BCUT2D eigenvalue weighted by molar-refractivity contribution is -0.113. The number of rotatable bonds is 14. The van der Waals surface area contributed by atoms with Crippen LogP contribution in [-0.2, 0) is 46.7 Å². The third-order valence-corrected chi connectivity index (χ3v) is 16.7. The average molecular weight is 968 g/mol. The molecule has 3 aromatic carbocycles. The Bertz CT molecular complexity index is 2790. The number of aliphatic hydroxyl groups excluding tert-OH is 2. The molecule has 3 aliphatic heterocycles. The summed E-state index contributed by atoms with van der Waals surface area (Å²) in [5.74, 6) is -1.54. The van der Waals surface area contributed by atoms with Gasteiger partial charge in [0.15, 0.2) is 23.3 Å². The number of hydrogen-bond donors (Lipinski definition) is 7. The number of anilines is 4. The highest BCUT2D eigenvalue weighted by Crippen LogP contribution is 2.71. The van der Waals surface area contributed by atoms with Crippen LogP contribution in [0.5, 0.6) is 11.5 Å². The largest absolute Gasteiger partial charge is 0.488 e. The van der Waals surface area contributed by atoms with Gasteiger partial charge in [-0.25, -0.2) is 33.4 Å². The molecular formula is C36H39N8O16P3S. The first-order valence-electron chi connectivity index (χ1n) is 18.7. The van der Waals surface area contributed by atoms with Crippen LogP contribution in [0.4, 0.5) is 22.9 Å². The first kappa shape index (κ1) is 45.6. The SMILES string of the molecule is CN(C)c1ccc2c(c1)Oc1cc(N(C)C)ccc1C21OC(=O)c2cc(NC(=O)C[35S]P(=O)(O)OP(=O)(O)OP(=O)(O)OC[C@H]3O[C@@H](n4cnc5c(N)ncnc54)[C@H](O)[C@@H]3O)ccc21. The number of fused-ring (bicyclic) bond motifs is 7. The van der Waals surface area contributed by atoms with E-state index in [0.717, 1.165) is 17.7 Å². The van der Waals surface area contributed by atoms with Crippen LogP contribution < -0.4 is 25.6 Å². The summed E-state index contributed by atoms with van der Waals surface area (Å²) >= 11 is -0.137. The number of carbonyl (C=O) groups is 2. The van der Waals surface area contributed by atoms with Crippen molar-refractivity contribution in [2.45, 2.75) is 30.1 Å². The molecule has 5 heterocycles. The zero-order valence-corrected chi connectivity index (χ0v) is 37.3. The van der Waals surface area contributed by atoms with Gasteiger partial charge < -0.3 is 60.0 Å². The molecule has 3 unspecified atom stereocenters. The molecule has 340 valence electrons. The molecule has 8 rings (SSSR count). The maximum absolute atomic E-state index is 13.6. The smallest absolute Gasteiger partial charge is 0.456 e. The van der Waals surface area contributed by atoms with Gasteiger partial charge in [-0.15, -0.1) is 0 Å². The molecule has 0 aliphatic carbocycles. The molecular weight excluding hydrogens is 928 g/mol. The van der Waals surface area contributed by atoms with Crippen molar-refractivity contribution in [3.63, 3.8) is 0 Å². The number of imidazole rings is 1. The summed E-state index contributed by atoms with van der Waals surface area (Å²) < 4.78 is 70.5. The Hall–Kier alpha value is -4.97. The number of hydrogen-bond acceptors (Lipinski definition) is 20. The zero-order chi connectivity index (χ0) is 46.1. The van der Waals surface area contributed by atoms with E-state index in [1.165, 1.54) is 23.0 Å². The minimum Gasteiger partial charge on any atom is -0.456 e. The molecule has 2 aromatic heterocycles. The Morgan fingerprint density at radius 1 is 0.891 bits per heavy atom. The molecule has 1 amide bonds. The second-order valence-corrected chi connectivity index (χ2v) is 22.0. The van der Waals surface area contributed by atoms with Gasteiger partial charge >= 0.3 is 28.4 Å². The Labute approximate surface area is 366 Å². The second-order valence-electron chi connectivity index (χ2n) is 14.9. The molecule has 8 N–H and O–H groups in total. The fourth-order valence-corrected chi connectivity index (χ4v) is 12.9. The van der Waals surface area contributed by atoms with Crippen LogP contribution in [-0.4, -0.2) is 115 Å². The number of aromatic nitrogens is 4. The average Bonchev–Trinajstić information content (AvgIpc) is 3.86. The van der Waals surface area contributed by atoms with Crippen molar-refractivity contribution in [1.29, 1.82) is 0 Å². The van der Waals surface area contributed by atoms with E-state index >= 15 is 0 Å². The van der Waals surface area contributed by atoms with Gasteiger partial charge in [0.05, 0.1) is 24.3 Å². The van der Waals surface area contributed by atoms with E-state index in [4.69, 9.17) is 19.9 Å². The van der Waals surface area contributed by atoms with Gasteiger partial charge in [0.1, 0.15) is 41.7 Å². The third kappa shape index (κ3) is 8.63. The number of nitrogens with one attached hydrogen (secondary N) is 1. The number of nitrogen functional groups attached to an aromatic ring is 1. The Balaban J connectivity index is 0.897. The number of carbonyl (C=O) groups excluding carboxylic acids is 2. The minimum absolute atomic E-state index is 0.0194. The van der Waals surface area contributed by atoms with E-state index < -0.39 is 76.8 Å². The van der Waals surface area contributed by atoms with E-state index in [2.05, 4.69) is 33.4 Å². The Morgan fingerprint density at radius 3 is 2.17 bits per heavy atom. The second kappa shape index (κ2) is 16.8. The van der Waals surface area contributed by atoms with Crippen molar-refractivity contribution in [2.24, 2.45) is 0 Å². The van der Waals surface area contributed by atoms with Crippen molar-refractivity contribution in [1.82, 2.24) is 19.5 Å². The minimum atomic E-state index is -5.89. The number of phosphoric acid groups is 2. The molecule has 5 aromatic rings. The quantitative estimate of drug-likeness (QED) is 0.0619. The summed E-state index contributed by atoms with van der Waals surface area (Å²) in [4.78, 5) is 72.9. The van der Waals surface area contributed by atoms with Gasteiger partial charge in [-0.1, -0.05) is 6.07 Å². The lowest BCUT2D eigenvalue weighted by atomic mass is 9.77. The van der Waals surface area contributed by atoms with Crippen LogP contribution in [0, 0.1) is 0 Å². The molecule has 0 radical (unpaired) electrons. The van der Waals surface area contributed by atoms with Crippen LogP contribution in [0.1, 0.15) is 33.3 Å². The predicted octanol–water partition coefficient (Wildman–Crippen LogP) is 3.45. The monoisotopic (exact) mass is 967 g/mol. The molecule has 0 saturated carbocycles. The Kier molecular flexibility index (Phi) is 12.0. The summed E-state index contributed by atoms with van der Waals surface area (Å²) in [6.07, 6.45) is -3.96. The van der Waals surface area contributed by atoms with Gasteiger partial charge in [-0.3, -0.25) is 13.9 Å². The molecule has 1 fully saturated rings. The number of aliphatic hydroxyl groups is 2. The topological polar surface area (TPSA) is 330 Å². The zero-order valence-electron chi connectivity index (χ0n) is 33.8. The highest BCUT2D eigenvalue weighted by atomic mass is 35.3. The summed E-state index contributed by atoms with van der Waals surface area (Å²) in [5, 5.41) is 23.6. The predicted molar refractivity (Wildman–Crippen MR) is 228 cm³/mol. The molecule has 28 heteroatoms. The maximum atomic E-state index is 13.6. The van der Waals surface area contributed by atoms with E-state index in [1.54, 1.807) is 6.07 Å². The van der Waals surface area contributed by atoms with E-state index in [9.17, 15) is 48.2 Å². The third-order valence-electron chi connectivity index (χ3n) is 10.3. The van der Waals surface area contributed by atoms with Crippen LogP contribution in [0.3, 0.4) is 0 Å². The lowest BCUT2D eigenvalue weighted by Crippen LogP contribution is -2.33. The normalized spacial score (nSPS) is 22.3. The number of nitrogens with two attached hydrogens (primary N) is 1. The van der Waals surface area contributed by atoms with Crippen LogP contribution in [0.25, 0.3) is 11.2 Å². The number of amides is 1. The fraction of sp³-hybridized carbons (Fsp3) is 0.306. The van der Waals surface area contributed by atoms with Crippen LogP contribution >= 0.6 is 33.8 Å². The molecule has 1 saturated heterocycles. The van der Waals surface area contributed by atoms with E-state index in [-0.39, 0.29) is 39.6 Å². The fourth-order valence-electron chi connectivity index (χ4n) is 7.32. The first-order valence-corrected chi connectivity index (χ1v) is 24.9. The summed E-state index contributed by atoms with van der Waals surface area (Å²) in [7, 11) is -4.00. The van der Waals surface area contributed by atoms with Crippen LogP contribution in [0.2, 0.25) is 0 Å². The summed E-state index contributed by atoms with van der Waals surface area (Å²) in [6.45, 7) is -6.30. The van der Waals surface area contributed by atoms with Crippen molar-refractivity contribution in [3.05, 3.63) is 89.5 Å². The molecule has 7 atom stereocenters. The number of benzene rings is 3. The van der Waals surface area contributed by atoms with Crippen molar-refractivity contribution >= 4 is 79.7 Å². The summed E-state index contributed by atoms with van der Waals surface area (Å²) in [5.41, 5.74) is 8.10. The van der Waals surface area contributed by atoms with Gasteiger partial charge in [0.2, 0.25) is 5.91 Å². The van der Waals surface area contributed by atoms with Crippen molar-refractivity contribution in [2.75, 3.05) is 61.4 Å².